The number of rotatable bonds is 5. The van der Waals surface area contributed by atoms with Crippen LogP contribution in [0.15, 0.2) is 48.8 Å². The largest absolute Gasteiger partial charge is 0.317 e. The van der Waals surface area contributed by atoms with Crippen molar-refractivity contribution in [3.63, 3.8) is 0 Å². The minimum atomic E-state index is -0.829. The van der Waals surface area contributed by atoms with Crippen LogP contribution in [-0.4, -0.2) is 27.0 Å². The molecule has 3 aromatic rings. The molecule has 8 heteroatoms. The number of halogens is 2. The number of aldehydes is 1. The summed E-state index contributed by atoms with van der Waals surface area (Å²) in [5.41, 5.74) is 0.930. The molecule has 2 aromatic carbocycles. The van der Waals surface area contributed by atoms with Gasteiger partial charge >= 0.3 is 0 Å². The topological polar surface area (TPSA) is 76.9 Å². The molecule has 0 saturated carbocycles. The van der Waals surface area contributed by atoms with Crippen LogP contribution in [0, 0.1) is 5.82 Å². The number of carbonyl (C=O) groups is 2. The van der Waals surface area contributed by atoms with Crippen molar-refractivity contribution in [2.45, 2.75) is 6.54 Å². The zero-order chi connectivity index (χ0) is 17.8. The van der Waals surface area contributed by atoms with E-state index in [1.807, 2.05) is 30.3 Å². The first-order chi connectivity index (χ1) is 12.1. The van der Waals surface area contributed by atoms with Crippen LogP contribution in [0.4, 0.5) is 10.1 Å². The highest BCUT2D eigenvalue weighted by Crippen LogP contribution is 2.24. The second-order valence-corrected chi connectivity index (χ2v) is 5.59. The number of amides is 1. The zero-order valence-electron chi connectivity index (χ0n) is 12.8. The summed E-state index contributed by atoms with van der Waals surface area (Å²) in [4.78, 5) is 26.9. The van der Waals surface area contributed by atoms with E-state index >= 15 is 0 Å². The zero-order valence-corrected chi connectivity index (χ0v) is 13.6. The van der Waals surface area contributed by atoms with Gasteiger partial charge in [-0.2, -0.15) is 0 Å². The monoisotopic (exact) mass is 358 g/mol. The minimum absolute atomic E-state index is 0.122. The fourth-order valence-corrected chi connectivity index (χ4v) is 2.42. The molecular formula is C17H12ClFN4O2. The van der Waals surface area contributed by atoms with Crippen molar-refractivity contribution in [1.29, 1.82) is 0 Å². The third kappa shape index (κ3) is 3.89. The summed E-state index contributed by atoms with van der Waals surface area (Å²) in [6.45, 7) is 0.446. The van der Waals surface area contributed by atoms with Crippen molar-refractivity contribution in [2.75, 3.05) is 5.32 Å². The van der Waals surface area contributed by atoms with Crippen molar-refractivity contribution in [3.8, 4) is 0 Å². The summed E-state index contributed by atoms with van der Waals surface area (Å²) in [6.07, 6.45) is 1.92. The van der Waals surface area contributed by atoms with Crippen molar-refractivity contribution in [3.05, 3.63) is 76.6 Å². The van der Waals surface area contributed by atoms with Gasteiger partial charge in [-0.15, -0.1) is 5.10 Å². The highest BCUT2D eigenvalue weighted by molar-refractivity contribution is 6.31. The second-order valence-electron chi connectivity index (χ2n) is 5.19. The quantitative estimate of drug-likeness (QED) is 0.711. The SMILES string of the molecule is O=Cc1cc(Cl)c(F)c(NC(=O)c2ncn(Cc3ccccc3)n2)c1. The number of nitrogens with one attached hydrogen (secondary N) is 1. The van der Waals surface area contributed by atoms with Crippen molar-refractivity contribution in [1.82, 2.24) is 14.8 Å². The Balaban J connectivity index is 1.76. The van der Waals surface area contributed by atoms with E-state index in [4.69, 9.17) is 11.6 Å². The van der Waals surface area contributed by atoms with Gasteiger partial charge in [0.15, 0.2) is 5.82 Å². The Hall–Kier alpha value is -3.06. The minimum Gasteiger partial charge on any atom is -0.317 e. The summed E-state index contributed by atoms with van der Waals surface area (Å²) < 4.78 is 15.5. The molecule has 0 aliphatic heterocycles. The van der Waals surface area contributed by atoms with Crippen molar-refractivity contribution >= 4 is 29.5 Å². The van der Waals surface area contributed by atoms with E-state index in [1.54, 1.807) is 0 Å². The Morgan fingerprint density at radius 2 is 2.04 bits per heavy atom. The summed E-state index contributed by atoms with van der Waals surface area (Å²) in [6, 6.07) is 11.9. The molecule has 1 aromatic heterocycles. The number of anilines is 1. The molecule has 3 rings (SSSR count). The Morgan fingerprint density at radius 3 is 2.76 bits per heavy atom. The summed E-state index contributed by atoms with van der Waals surface area (Å²) >= 11 is 5.70. The van der Waals surface area contributed by atoms with Crippen LogP contribution in [0.5, 0.6) is 0 Å². The highest BCUT2D eigenvalue weighted by atomic mass is 35.5. The first-order valence-corrected chi connectivity index (χ1v) is 7.63. The molecule has 0 spiro atoms. The van der Waals surface area contributed by atoms with Crippen molar-refractivity contribution in [2.24, 2.45) is 0 Å². The van der Waals surface area contributed by atoms with Gasteiger partial charge in [-0.3, -0.25) is 9.59 Å². The third-order valence-electron chi connectivity index (χ3n) is 3.36. The molecule has 1 heterocycles. The highest BCUT2D eigenvalue weighted by Gasteiger charge is 2.16. The van der Waals surface area contributed by atoms with Gasteiger partial charge in [0.25, 0.3) is 5.91 Å². The number of hydrogen-bond donors (Lipinski definition) is 1. The van der Waals surface area contributed by atoms with Crippen LogP contribution in [0.1, 0.15) is 26.5 Å². The Bertz CT molecular complexity index is 928. The fraction of sp³-hybridized carbons (Fsp3) is 0.0588. The van der Waals surface area contributed by atoms with E-state index in [1.165, 1.54) is 23.1 Å². The first kappa shape index (κ1) is 16.8. The maximum atomic E-state index is 14.0. The van der Waals surface area contributed by atoms with Gasteiger partial charge < -0.3 is 5.32 Å². The fourth-order valence-electron chi connectivity index (χ4n) is 2.19. The van der Waals surface area contributed by atoms with Gasteiger partial charge in [-0.1, -0.05) is 41.9 Å². The molecule has 0 unspecified atom stereocenters. The molecule has 1 amide bonds. The van der Waals surface area contributed by atoms with Crippen LogP contribution < -0.4 is 5.32 Å². The third-order valence-corrected chi connectivity index (χ3v) is 3.64. The van der Waals surface area contributed by atoms with Gasteiger partial charge in [0.2, 0.25) is 5.82 Å². The molecule has 0 saturated heterocycles. The van der Waals surface area contributed by atoms with E-state index in [0.29, 0.717) is 12.8 Å². The normalized spacial score (nSPS) is 10.5. The molecule has 0 atom stereocenters. The molecule has 25 heavy (non-hydrogen) atoms. The van der Waals surface area contributed by atoms with Gasteiger partial charge in [0.05, 0.1) is 17.3 Å². The Labute approximate surface area is 147 Å². The van der Waals surface area contributed by atoms with E-state index in [0.717, 1.165) is 5.56 Å². The molecule has 1 N–H and O–H groups in total. The average Bonchev–Trinajstić information content (AvgIpc) is 3.08. The van der Waals surface area contributed by atoms with E-state index < -0.39 is 11.7 Å². The van der Waals surface area contributed by atoms with Crippen molar-refractivity contribution < 1.29 is 14.0 Å². The van der Waals surface area contributed by atoms with E-state index in [9.17, 15) is 14.0 Å². The van der Waals surface area contributed by atoms with Gasteiger partial charge in [-0.05, 0) is 17.7 Å². The lowest BCUT2D eigenvalue weighted by Gasteiger charge is -2.06. The average molecular weight is 359 g/mol. The second kappa shape index (κ2) is 7.23. The number of nitrogens with zero attached hydrogens (tertiary/aromatic N) is 3. The number of hydrogen-bond acceptors (Lipinski definition) is 4. The lowest BCUT2D eigenvalue weighted by atomic mass is 10.2. The van der Waals surface area contributed by atoms with Crippen LogP contribution >= 0.6 is 11.6 Å². The molecule has 126 valence electrons. The molecule has 0 bridgehead atoms. The van der Waals surface area contributed by atoms with Gasteiger partial charge in [0.1, 0.15) is 12.6 Å². The summed E-state index contributed by atoms with van der Waals surface area (Å²) in [7, 11) is 0. The Morgan fingerprint density at radius 1 is 1.28 bits per heavy atom. The molecule has 0 fully saturated rings. The summed E-state index contributed by atoms with van der Waals surface area (Å²) in [5.74, 6) is -1.66. The smallest absolute Gasteiger partial charge is 0.295 e. The van der Waals surface area contributed by atoms with Gasteiger partial charge in [-0.25, -0.2) is 14.1 Å². The van der Waals surface area contributed by atoms with Crippen LogP contribution in [-0.2, 0) is 6.54 Å². The number of carbonyl (C=O) groups excluding carboxylic acids is 2. The van der Waals surface area contributed by atoms with E-state index in [-0.39, 0.29) is 22.1 Å². The predicted molar refractivity (Wildman–Crippen MR) is 90.3 cm³/mol. The molecule has 0 radical (unpaired) electrons. The maximum absolute atomic E-state index is 14.0. The van der Waals surface area contributed by atoms with Crippen LogP contribution in [0.3, 0.4) is 0 Å². The number of aromatic nitrogens is 3. The predicted octanol–water partition coefficient (Wildman–Crippen LogP) is 3.18. The molecular weight excluding hydrogens is 347 g/mol. The molecule has 0 aliphatic carbocycles. The standard InChI is InChI=1S/C17H12ClFN4O2/c18-13-6-12(9-24)7-14(15(13)19)21-17(25)16-20-10-23(22-16)8-11-4-2-1-3-5-11/h1-7,9-10H,8H2,(H,21,25). The van der Waals surface area contributed by atoms with Crippen LogP contribution in [0.2, 0.25) is 5.02 Å². The van der Waals surface area contributed by atoms with E-state index in [2.05, 4.69) is 15.4 Å². The van der Waals surface area contributed by atoms with Gasteiger partial charge in [0, 0.05) is 5.56 Å². The lowest BCUT2D eigenvalue weighted by Crippen LogP contribution is -2.16. The summed E-state index contributed by atoms with van der Waals surface area (Å²) in [5, 5.41) is 6.13. The molecule has 0 aliphatic rings. The lowest BCUT2D eigenvalue weighted by molar-refractivity contribution is 0.101. The maximum Gasteiger partial charge on any atom is 0.295 e. The number of benzene rings is 2. The molecule has 6 nitrogen and oxygen atoms in total. The Kier molecular flexibility index (Phi) is 4.85. The van der Waals surface area contributed by atoms with Crippen LogP contribution in [0.25, 0.3) is 0 Å². The first-order valence-electron chi connectivity index (χ1n) is 7.26.